The Morgan fingerprint density at radius 3 is 2.60 bits per heavy atom. The summed E-state index contributed by atoms with van der Waals surface area (Å²) in [6, 6.07) is 11.1. The van der Waals surface area contributed by atoms with Crippen LogP contribution in [0, 0.1) is 10.1 Å². The van der Waals surface area contributed by atoms with E-state index in [1.54, 1.807) is 0 Å². The van der Waals surface area contributed by atoms with Crippen LogP contribution in [0.4, 0.5) is 11.4 Å². The zero-order chi connectivity index (χ0) is 14.5. The van der Waals surface area contributed by atoms with Crippen LogP contribution in [0.5, 0.6) is 5.75 Å². The molecule has 0 amide bonds. The van der Waals surface area contributed by atoms with Crippen LogP contribution in [0.2, 0.25) is 0 Å². The summed E-state index contributed by atoms with van der Waals surface area (Å²) in [5.41, 5.74) is 3.69. The monoisotopic (exact) mass is 335 g/mol. The number of halogens is 1. The molecule has 0 unspecified atom stereocenters. The molecule has 7 heteroatoms. The van der Waals surface area contributed by atoms with Crippen LogP contribution in [0.15, 0.2) is 52.0 Å². The number of hydrogen-bond donors (Lipinski definition) is 2. The second-order valence-corrected chi connectivity index (χ2v) is 4.79. The minimum Gasteiger partial charge on any atom is -0.507 e. The topological polar surface area (TPSA) is 87.8 Å². The van der Waals surface area contributed by atoms with Gasteiger partial charge < -0.3 is 5.11 Å². The number of rotatable bonds is 4. The third-order valence-corrected chi connectivity index (χ3v) is 2.99. The van der Waals surface area contributed by atoms with E-state index >= 15 is 0 Å². The second kappa shape index (κ2) is 6.16. The molecule has 2 aromatic carbocycles. The number of nitro benzene ring substituents is 1. The molecule has 2 rings (SSSR count). The molecular weight excluding hydrogens is 326 g/mol. The maximum absolute atomic E-state index is 10.7. The molecule has 0 fully saturated rings. The summed E-state index contributed by atoms with van der Waals surface area (Å²) in [5.74, 6) is -0.0723. The van der Waals surface area contributed by atoms with Gasteiger partial charge in [0.15, 0.2) is 0 Å². The van der Waals surface area contributed by atoms with E-state index in [0.29, 0.717) is 0 Å². The fraction of sp³-hybridized carbons (Fsp3) is 0. The number of benzene rings is 2. The molecule has 0 bridgehead atoms. The van der Waals surface area contributed by atoms with E-state index in [-0.39, 0.29) is 17.0 Å². The Kier molecular flexibility index (Phi) is 4.31. The van der Waals surface area contributed by atoms with Gasteiger partial charge in [0.05, 0.1) is 16.8 Å². The minimum atomic E-state index is -0.529. The molecule has 2 aromatic rings. The van der Waals surface area contributed by atoms with Gasteiger partial charge in [-0.1, -0.05) is 15.9 Å². The second-order valence-electron chi connectivity index (χ2n) is 3.88. The highest BCUT2D eigenvalue weighted by Crippen LogP contribution is 2.21. The van der Waals surface area contributed by atoms with Gasteiger partial charge in [-0.3, -0.25) is 15.5 Å². The Labute approximate surface area is 123 Å². The fourth-order valence-electron chi connectivity index (χ4n) is 1.46. The van der Waals surface area contributed by atoms with Crippen LogP contribution in [-0.4, -0.2) is 16.2 Å². The van der Waals surface area contributed by atoms with Gasteiger partial charge >= 0.3 is 0 Å². The lowest BCUT2D eigenvalue weighted by molar-refractivity contribution is -0.384. The largest absolute Gasteiger partial charge is 0.507 e. The molecular formula is C13H10BrN3O3. The predicted molar refractivity (Wildman–Crippen MR) is 80.1 cm³/mol. The fourth-order valence-corrected chi connectivity index (χ4v) is 1.72. The summed E-state index contributed by atoms with van der Waals surface area (Å²) in [5, 5.41) is 24.2. The van der Waals surface area contributed by atoms with Crippen molar-refractivity contribution in [3.05, 3.63) is 62.6 Å². The van der Waals surface area contributed by atoms with Gasteiger partial charge in [-0.05, 0) is 30.3 Å². The molecule has 0 aromatic heterocycles. The standard InChI is InChI=1S/C13H10BrN3O3/c14-10-1-3-11(4-2-10)16-15-8-9-7-12(17(19)20)5-6-13(9)18/h1-8,16,18H/b15-8+. The molecule has 0 aliphatic heterocycles. The van der Waals surface area contributed by atoms with E-state index in [1.807, 2.05) is 24.3 Å². The van der Waals surface area contributed by atoms with E-state index in [2.05, 4.69) is 26.5 Å². The van der Waals surface area contributed by atoms with Crippen molar-refractivity contribution in [2.75, 3.05) is 5.43 Å². The first-order valence-corrected chi connectivity index (χ1v) is 6.37. The van der Waals surface area contributed by atoms with E-state index in [1.165, 1.54) is 24.4 Å². The summed E-state index contributed by atoms with van der Waals surface area (Å²) in [6.45, 7) is 0. The number of non-ortho nitro benzene ring substituents is 1. The van der Waals surface area contributed by atoms with Crippen molar-refractivity contribution in [1.29, 1.82) is 0 Å². The molecule has 0 saturated heterocycles. The minimum absolute atomic E-state index is 0.0723. The summed E-state index contributed by atoms with van der Waals surface area (Å²) in [7, 11) is 0. The van der Waals surface area contributed by atoms with Gasteiger partial charge in [0.25, 0.3) is 5.69 Å². The van der Waals surface area contributed by atoms with Gasteiger partial charge in [-0.15, -0.1) is 0 Å². The Balaban J connectivity index is 2.12. The Morgan fingerprint density at radius 2 is 1.95 bits per heavy atom. The molecule has 6 nitrogen and oxygen atoms in total. The highest BCUT2D eigenvalue weighted by molar-refractivity contribution is 9.10. The Morgan fingerprint density at radius 1 is 1.25 bits per heavy atom. The van der Waals surface area contributed by atoms with Gasteiger partial charge in [-0.2, -0.15) is 5.10 Å². The number of hydrazone groups is 1. The average Bonchev–Trinajstić information content (AvgIpc) is 2.43. The van der Waals surface area contributed by atoms with Crippen LogP contribution < -0.4 is 5.43 Å². The van der Waals surface area contributed by atoms with Gasteiger partial charge in [0.1, 0.15) is 5.75 Å². The number of phenolic OH excluding ortho intramolecular Hbond substituents is 1. The molecule has 0 heterocycles. The molecule has 0 saturated carbocycles. The van der Waals surface area contributed by atoms with Crippen LogP contribution in [0.1, 0.15) is 5.56 Å². The van der Waals surface area contributed by atoms with Crippen LogP contribution in [-0.2, 0) is 0 Å². The number of anilines is 1. The highest BCUT2D eigenvalue weighted by atomic mass is 79.9. The maximum atomic E-state index is 10.7. The Hall–Kier alpha value is -2.41. The maximum Gasteiger partial charge on any atom is 0.270 e. The summed E-state index contributed by atoms with van der Waals surface area (Å²) >= 11 is 3.32. The predicted octanol–water partition coefficient (Wildman–Crippen LogP) is 3.51. The van der Waals surface area contributed by atoms with Gasteiger partial charge in [0, 0.05) is 22.2 Å². The zero-order valence-electron chi connectivity index (χ0n) is 10.2. The lowest BCUT2D eigenvalue weighted by atomic mass is 10.2. The SMILES string of the molecule is O=[N+]([O-])c1ccc(O)c(/C=N/Nc2ccc(Br)cc2)c1. The van der Waals surface area contributed by atoms with Crippen molar-refractivity contribution in [2.24, 2.45) is 5.10 Å². The van der Waals surface area contributed by atoms with Crippen LogP contribution >= 0.6 is 15.9 Å². The molecule has 0 aliphatic rings. The van der Waals surface area contributed by atoms with E-state index < -0.39 is 4.92 Å². The quantitative estimate of drug-likeness (QED) is 0.508. The molecule has 20 heavy (non-hydrogen) atoms. The highest BCUT2D eigenvalue weighted by Gasteiger charge is 2.08. The van der Waals surface area contributed by atoms with Crippen LogP contribution in [0.25, 0.3) is 0 Å². The molecule has 102 valence electrons. The molecule has 0 atom stereocenters. The first-order chi connectivity index (χ1) is 9.56. The number of hydrogen-bond acceptors (Lipinski definition) is 5. The molecule has 0 radical (unpaired) electrons. The lowest BCUT2D eigenvalue weighted by Crippen LogP contribution is -1.93. The first-order valence-electron chi connectivity index (χ1n) is 5.58. The summed E-state index contributed by atoms with van der Waals surface area (Å²) < 4.78 is 0.948. The van der Waals surface area contributed by atoms with Crippen LogP contribution in [0.3, 0.4) is 0 Å². The number of nitro groups is 1. The van der Waals surface area contributed by atoms with Crippen molar-refractivity contribution < 1.29 is 10.0 Å². The smallest absolute Gasteiger partial charge is 0.270 e. The number of aromatic hydroxyl groups is 1. The molecule has 0 spiro atoms. The average molecular weight is 336 g/mol. The zero-order valence-corrected chi connectivity index (χ0v) is 11.7. The van der Waals surface area contributed by atoms with Crippen molar-refractivity contribution in [3.8, 4) is 5.75 Å². The van der Waals surface area contributed by atoms with Gasteiger partial charge in [-0.25, -0.2) is 0 Å². The van der Waals surface area contributed by atoms with Crippen molar-refractivity contribution in [1.82, 2.24) is 0 Å². The van der Waals surface area contributed by atoms with E-state index in [0.717, 1.165) is 10.2 Å². The number of nitrogens with zero attached hydrogens (tertiary/aromatic N) is 2. The summed E-state index contributed by atoms with van der Waals surface area (Å²) in [4.78, 5) is 10.1. The van der Waals surface area contributed by atoms with Gasteiger partial charge in [0.2, 0.25) is 0 Å². The number of nitrogens with one attached hydrogen (secondary N) is 1. The molecule has 0 aliphatic carbocycles. The summed E-state index contributed by atoms with van der Waals surface area (Å²) in [6.07, 6.45) is 1.32. The van der Waals surface area contributed by atoms with Crippen molar-refractivity contribution in [2.45, 2.75) is 0 Å². The third-order valence-electron chi connectivity index (χ3n) is 2.46. The number of phenols is 1. The normalized spacial score (nSPS) is 10.7. The third kappa shape index (κ3) is 3.55. The van der Waals surface area contributed by atoms with E-state index in [9.17, 15) is 15.2 Å². The van der Waals surface area contributed by atoms with Crippen molar-refractivity contribution >= 4 is 33.5 Å². The Bertz CT molecular complexity index is 656. The lowest BCUT2D eigenvalue weighted by Gasteiger charge is -2.01. The van der Waals surface area contributed by atoms with E-state index in [4.69, 9.17) is 0 Å². The van der Waals surface area contributed by atoms with Crippen molar-refractivity contribution in [3.63, 3.8) is 0 Å². The molecule has 2 N–H and O–H groups in total. The first kappa shape index (κ1) is 14.0.